The number of anilines is 1. The third-order valence-corrected chi connectivity index (χ3v) is 3.53. The van der Waals surface area contributed by atoms with E-state index in [2.05, 4.69) is 15.4 Å². The summed E-state index contributed by atoms with van der Waals surface area (Å²) < 4.78 is 1.26. The standard InChI is InChI=1S/C19H16N4O2/c1-23-19(25)11-9-17(22-23)15-6-2-3-7-16(15)21-18(24)10-8-14-5-4-12-20-13-14/h2-13H,1H3,(H,21,24)/b10-8+. The fourth-order valence-electron chi connectivity index (χ4n) is 2.28. The van der Waals surface area contributed by atoms with Crippen molar-refractivity contribution in [3.63, 3.8) is 0 Å². The van der Waals surface area contributed by atoms with Crippen LogP contribution in [-0.4, -0.2) is 20.7 Å². The number of nitrogens with zero attached hydrogens (tertiary/aromatic N) is 3. The Morgan fingerprint density at radius 1 is 1.12 bits per heavy atom. The predicted molar refractivity (Wildman–Crippen MR) is 96.8 cm³/mol. The molecule has 0 aliphatic carbocycles. The van der Waals surface area contributed by atoms with E-state index in [9.17, 15) is 9.59 Å². The fraction of sp³-hybridized carbons (Fsp3) is 0.0526. The lowest BCUT2D eigenvalue weighted by atomic mass is 10.1. The van der Waals surface area contributed by atoms with Gasteiger partial charge in [-0.25, -0.2) is 4.68 Å². The number of amides is 1. The van der Waals surface area contributed by atoms with Crippen molar-refractivity contribution in [2.45, 2.75) is 0 Å². The Bertz CT molecular complexity index is 978. The number of carbonyl (C=O) groups excluding carboxylic acids is 1. The summed E-state index contributed by atoms with van der Waals surface area (Å²) in [6.45, 7) is 0. The molecule has 0 saturated heterocycles. The zero-order valence-corrected chi connectivity index (χ0v) is 13.6. The van der Waals surface area contributed by atoms with Crippen LogP contribution in [0.25, 0.3) is 17.3 Å². The first-order valence-electron chi connectivity index (χ1n) is 7.66. The molecule has 2 heterocycles. The van der Waals surface area contributed by atoms with Crippen LogP contribution in [0.3, 0.4) is 0 Å². The van der Waals surface area contributed by atoms with E-state index in [1.54, 1.807) is 43.7 Å². The van der Waals surface area contributed by atoms with Gasteiger partial charge in [0.15, 0.2) is 0 Å². The van der Waals surface area contributed by atoms with Crippen molar-refractivity contribution in [2.75, 3.05) is 5.32 Å². The Hall–Kier alpha value is -3.54. The van der Waals surface area contributed by atoms with Gasteiger partial charge in [-0.05, 0) is 29.8 Å². The van der Waals surface area contributed by atoms with Gasteiger partial charge in [0.25, 0.3) is 5.56 Å². The van der Waals surface area contributed by atoms with Crippen molar-refractivity contribution < 1.29 is 4.79 Å². The Morgan fingerprint density at radius 2 is 1.96 bits per heavy atom. The van der Waals surface area contributed by atoms with Crippen molar-refractivity contribution in [1.82, 2.24) is 14.8 Å². The summed E-state index contributed by atoms with van der Waals surface area (Å²) in [5.41, 5.74) is 2.61. The monoisotopic (exact) mass is 332 g/mol. The van der Waals surface area contributed by atoms with Crippen molar-refractivity contribution >= 4 is 17.7 Å². The third kappa shape index (κ3) is 4.06. The molecule has 6 heteroatoms. The van der Waals surface area contributed by atoms with Crippen LogP contribution in [0.2, 0.25) is 0 Å². The van der Waals surface area contributed by atoms with Gasteiger partial charge in [0.1, 0.15) is 0 Å². The van der Waals surface area contributed by atoms with E-state index in [1.165, 1.54) is 16.8 Å². The third-order valence-electron chi connectivity index (χ3n) is 3.53. The van der Waals surface area contributed by atoms with Crippen LogP contribution in [0.1, 0.15) is 5.56 Å². The summed E-state index contributed by atoms with van der Waals surface area (Å²) in [6.07, 6.45) is 6.48. The average Bonchev–Trinajstić information content (AvgIpc) is 2.64. The molecule has 25 heavy (non-hydrogen) atoms. The largest absolute Gasteiger partial charge is 0.322 e. The SMILES string of the molecule is Cn1nc(-c2ccccc2NC(=O)/C=C/c2cccnc2)ccc1=O. The minimum Gasteiger partial charge on any atom is -0.322 e. The molecule has 0 saturated carbocycles. The number of carbonyl (C=O) groups is 1. The van der Waals surface area contributed by atoms with Crippen LogP contribution in [0.5, 0.6) is 0 Å². The average molecular weight is 332 g/mol. The van der Waals surface area contributed by atoms with Gasteiger partial charge in [0, 0.05) is 37.1 Å². The number of aromatic nitrogens is 3. The first-order chi connectivity index (χ1) is 12.1. The first-order valence-corrected chi connectivity index (χ1v) is 7.66. The van der Waals surface area contributed by atoms with Gasteiger partial charge in [-0.2, -0.15) is 5.10 Å². The summed E-state index contributed by atoms with van der Waals surface area (Å²) in [7, 11) is 1.59. The Balaban J connectivity index is 1.83. The van der Waals surface area contributed by atoms with E-state index in [0.29, 0.717) is 11.4 Å². The van der Waals surface area contributed by atoms with Gasteiger partial charge in [-0.15, -0.1) is 0 Å². The lowest BCUT2D eigenvalue weighted by molar-refractivity contribution is -0.111. The molecule has 0 aliphatic heterocycles. The van der Waals surface area contributed by atoms with Crippen LogP contribution in [-0.2, 0) is 11.8 Å². The number of benzene rings is 1. The number of pyridine rings is 1. The topological polar surface area (TPSA) is 76.9 Å². The second-order valence-electron chi connectivity index (χ2n) is 5.33. The maximum absolute atomic E-state index is 12.2. The highest BCUT2D eigenvalue weighted by Gasteiger charge is 2.08. The molecule has 6 nitrogen and oxygen atoms in total. The summed E-state index contributed by atoms with van der Waals surface area (Å²) in [6, 6.07) is 14.1. The Labute approximate surface area is 144 Å². The number of hydrogen-bond acceptors (Lipinski definition) is 4. The van der Waals surface area contributed by atoms with Gasteiger partial charge in [-0.1, -0.05) is 24.3 Å². The van der Waals surface area contributed by atoms with Crippen molar-refractivity contribution in [2.24, 2.45) is 7.05 Å². The lowest BCUT2D eigenvalue weighted by Crippen LogP contribution is -2.18. The minimum absolute atomic E-state index is 0.190. The zero-order chi connectivity index (χ0) is 17.6. The summed E-state index contributed by atoms with van der Waals surface area (Å²) in [4.78, 5) is 27.7. The van der Waals surface area contributed by atoms with Gasteiger partial charge in [0.05, 0.1) is 11.4 Å². The molecular weight excluding hydrogens is 316 g/mol. The number of rotatable bonds is 4. The number of para-hydroxylation sites is 1. The molecule has 3 aromatic rings. The maximum atomic E-state index is 12.2. The molecule has 2 aromatic heterocycles. The second-order valence-corrected chi connectivity index (χ2v) is 5.33. The molecule has 0 bridgehead atoms. The van der Waals surface area contributed by atoms with E-state index in [4.69, 9.17) is 0 Å². The second kappa shape index (κ2) is 7.35. The van der Waals surface area contributed by atoms with Crippen LogP contribution >= 0.6 is 0 Å². The van der Waals surface area contributed by atoms with Crippen LogP contribution in [0.15, 0.2) is 71.8 Å². The van der Waals surface area contributed by atoms with E-state index >= 15 is 0 Å². The highest BCUT2D eigenvalue weighted by atomic mass is 16.1. The van der Waals surface area contributed by atoms with E-state index in [0.717, 1.165) is 11.1 Å². The summed E-state index contributed by atoms with van der Waals surface area (Å²) >= 11 is 0. The highest BCUT2D eigenvalue weighted by Crippen LogP contribution is 2.25. The van der Waals surface area contributed by atoms with Crippen LogP contribution in [0, 0.1) is 0 Å². The number of nitrogens with one attached hydrogen (secondary N) is 1. The smallest absolute Gasteiger partial charge is 0.266 e. The van der Waals surface area contributed by atoms with Crippen LogP contribution in [0.4, 0.5) is 5.69 Å². The van der Waals surface area contributed by atoms with Crippen molar-refractivity contribution in [1.29, 1.82) is 0 Å². The van der Waals surface area contributed by atoms with Gasteiger partial charge in [-0.3, -0.25) is 14.6 Å². The summed E-state index contributed by atoms with van der Waals surface area (Å²) in [5.74, 6) is -0.263. The molecule has 0 aliphatic rings. The number of aryl methyl sites for hydroxylation is 1. The minimum atomic E-state index is -0.263. The van der Waals surface area contributed by atoms with Crippen molar-refractivity contribution in [3.05, 3.63) is 82.9 Å². The summed E-state index contributed by atoms with van der Waals surface area (Å²) in [5, 5.41) is 7.07. The molecule has 124 valence electrons. The lowest BCUT2D eigenvalue weighted by Gasteiger charge is -2.10. The quantitative estimate of drug-likeness (QED) is 0.745. The molecule has 1 amide bonds. The maximum Gasteiger partial charge on any atom is 0.266 e. The molecule has 3 rings (SSSR count). The molecule has 0 spiro atoms. The highest BCUT2D eigenvalue weighted by molar-refractivity contribution is 6.04. The first kappa shape index (κ1) is 16.3. The molecule has 0 fully saturated rings. The fourth-order valence-corrected chi connectivity index (χ4v) is 2.28. The van der Waals surface area contributed by atoms with Gasteiger partial charge in [0.2, 0.25) is 5.91 Å². The van der Waals surface area contributed by atoms with E-state index in [-0.39, 0.29) is 11.5 Å². The molecule has 0 atom stereocenters. The van der Waals surface area contributed by atoms with E-state index in [1.807, 2.05) is 24.3 Å². The Kier molecular flexibility index (Phi) is 4.80. The van der Waals surface area contributed by atoms with Crippen molar-refractivity contribution in [3.8, 4) is 11.3 Å². The normalized spacial score (nSPS) is 10.8. The molecule has 0 unspecified atom stereocenters. The number of hydrogen-bond donors (Lipinski definition) is 1. The molecule has 1 aromatic carbocycles. The van der Waals surface area contributed by atoms with Crippen LogP contribution < -0.4 is 10.9 Å². The van der Waals surface area contributed by atoms with Gasteiger partial charge < -0.3 is 5.32 Å². The van der Waals surface area contributed by atoms with Gasteiger partial charge >= 0.3 is 0 Å². The molecule has 0 radical (unpaired) electrons. The Morgan fingerprint density at radius 3 is 2.72 bits per heavy atom. The zero-order valence-electron chi connectivity index (χ0n) is 13.6. The van der Waals surface area contributed by atoms with E-state index < -0.39 is 0 Å². The predicted octanol–water partition coefficient (Wildman–Crippen LogP) is 2.49. The molecular formula is C19H16N4O2. The molecule has 1 N–H and O–H groups in total.